The van der Waals surface area contributed by atoms with E-state index in [1.165, 1.54) is 6.07 Å². The Bertz CT molecular complexity index is 429. The number of alkyl halides is 2. The number of benzene rings is 1. The maximum atomic E-state index is 13.1. The first-order chi connectivity index (χ1) is 7.42. The average Bonchev–Trinajstić information content (AvgIpc) is 2.29. The van der Waals surface area contributed by atoms with E-state index in [0.29, 0.717) is 0 Å². The minimum atomic E-state index is -3.55. The number of phenols is 1. The number of nitrogens with zero attached hydrogens (tertiary/aromatic N) is 1. The second-order valence-electron chi connectivity index (χ2n) is 3.28. The predicted octanol–water partition coefficient (Wildman–Crippen LogP) is 0.891. The van der Waals surface area contributed by atoms with E-state index in [2.05, 4.69) is 0 Å². The zero-order valence-corrected chi connectivity index (χ0v) is 8.19. The summed E-state index contributed by atoms with van der Waals surface area (Å²) in [5.74, 6) is -3.98. The summed E-state index contributed by atoms with van der Waals surface area (Å²) in [5, 5.41) is 26.4. The highest BCUT2D eigenvalue weighted by molar-refractivity contribution is 5.43. The maximum absolute atomic E-state index is 13.1. The molecule has 0 unspecified atom stereocenters. The number of halogens is 2. The van der Waals surface area contributed by atoms with Gasteiger partial charge in [-0.1, -0.05) is 0 Å². The number of aliphatic hydroxyl groups excluding tert-OH is 1. The molecule has 0 aromatic heterocycles. The van der Waals surface area contributed by atoms with Gasteiger partial charge in [0.1, 0.15) is 18.4 Å². The number of nitrogens with two attached hydrogens (primary N) is 1. The molecule has 16 heavy (non-hydrogen) atoms. The summed E-state index contributed by atoms with van der Waals surface area (Å²) in [6.07, 6.45) is 0. The van der Waals surface area contributed by atoms with E-state index >= 15 is 0 Å². The molecule has 0 radical (unpaired) electrons. The van der Waals surface area contributed by atoms with E-state index in [-0.39, 0.29) is 11.1 Å². The van der Waals surface area contributed by atoms with Crippen LogP contribution < -0.4 is 5.73 Å². The van der Waals surface area contributed by atoms with Gasteiger partial charge in [0.25, 0.3) is 5.92 Å². The third kappa shape index (κ3) is 2.27. The highest BCUT2D eigenvalue weighted by Gasteiger charge is 2.38. The van der Waals surface area contributed by atoms with Crippen LogP contribution in [0.4, 0.5) is 8.78 Å². The third-order valence-electron chi connectivity index (χ3n) is 2.16. The lowest BCUT2D eigenvalue weighted by molar-refractivity contribution is -0.0715. The first-order valence-corrected chi connectivity index (χ1v) is 4.39. The molecule has 86 valence electrons. The number of phenolic OH excluding ortho intramolecular Hbond substituents is 1. The molecule has 1 atom stereocenters. The quantitative estimate of drug-likeness (QED) is 0.716. The van der Waals surface area contributed by atoms with E-state index < -0.39 is 24.3 Å². The largest absolute Gasteiger partial charge is 0.508 e. The summed E-state index contributed by atoms with van der Waals surface area (Å²) in [7, 11) is 0. The van der Waals surface area contributed by atoms with Crippen molar-refractivity contribution in [3.63, 3.8) is 0 Å². The van der Waals surface area contributed by atoms with Gasteiger partial charge in [-0.25, -0.2) is 8.78 Å². The Labute approximate surface area is 90.5 Å². The predicted molar refractivity (Wildman–Crippen MR) is 51.8 cm³/mol. The molecule has 1 aromatic rings. The Kier molecular flexibility index (Phi) is 3.42. The van der Waals surface area contributed by atoms with Crippen LogP contribution in [0.5, 0.6) is 5.75 Å². The van der Waals surface area contributed by atoms with Crippen LogP contribution >= 0.6 is 0 Å². The molecule has 0 aliphatic heterocycles. The zero-order chi connectivity index (χ0) is 12.3. The molecule has 4 N–H and O–H groups in total. The normalized spacial score (nSPS) is 13.2. The van der Waals surface area contributed by atoms with Crippen molar-refractivity contribution in [3.8, 4) is 11.8 Å². The lowest BCUT2D eigenvalue weighted by Gasteiger charge is -2.22. The van der Waals surface area contributed by atoms with Crippen LogP contribution in [0.3, 0.4) is 0 Å². The van der Waals surface area contributed by atoms with E-state index in [4.69, 9.17) is 16.1 Å². The fourth-order valence-corrected chi connectivity index (χ4v) is 1.20. The number of aliphatic hydroxyl groups is 1. The smallest absolute Gasteiger partial charge is 0.289 e. The lowest BCUT2D eigenvalue weighted by atomic mass is 9.99. The van der Waals surface area contributed by atoms with Crippen molar-refractivity contribution in [2.45, 2.75) is 12.0 Å². The molecule has 1 rings (SSSR count). The molecule has 0 saturated carbocycles. The Morgan fingerprint density at radius 3 is 2.62 bits per heavy atom. The molecule has 1 aromatic carbocycles. The molecule has 0 fully saturated rings. The van der Waals surface area contributed by atoms with Gasteiger partial charge < -0.3 is 15.9 Å². The number of aromatic hydroxyl groups is 1. The first kappa shape index (κ1) is 12.4. The molecule has 0 aliphatic carbocycles. The van der Waals surface area contributed by atoms with Gasteiger partial charge in [0, 0.05) is 5.56 Å². The number of nitriles is 1. The number of hydrogen-bond acceptors (Lipinski definition) is 4. The summed E-state index contributed by atoms with van der Waals surface area (Å²) in [4.78, 5) is 0. The molecule has 0 heterocycles. The van der Waals surface area contributed by atoms with Crippen molar-refractivity contribution >= 4 is 0 Å². The van der Waals surface area contributed by atoms with Crippen molar-refractivity contribution in [2.24, 2.45) is 5.73 Å². The van der Waals surface area contributed by atoms with Gasteiger partial charge in [-0.05, 0) is 18.2 Å². The summed E-state index contributed by atoms with van der Waals surface area (Å²) < 4.78 is 26.2. The van der Waals surface area contributed by atoms with Crippen LogP contribution in [0.2, 0.25) is 0 Å². The zero-order valence-electron chi connectivity index (χ0n) is 8.19. The molecule has 0 aliphatic rings. The van der Waals surface area contributed by atoms with E-state index in [9.17, 15) is 13.9 Å². The first-order valence-electron chi connectivity index (χ1n) is 4.39. The molecular weight excluding hydrogens is 218 g/mol. The average molecular weight is 228 g/mol. The molecular formula is C10H10F2N2O2. The van der Waals surface area contributed by atoms with Crippen LogP contribution in [0.25, 0.3) is 0 Å². The lowest BCUT2D eigenvalue weighted by Crippen LogP contribution is -2.36. The minimum absolute atomic E-state index is 0.108. The standard InChI is InChI=1S/C10H10F2N2O2/c11-10(12,5-15)9(14)7-3-6(4-13)1-2-8(7)16/h1-3,9,15-16H,5,14H2/t9-/m0/s1. The Hall–Kier alpha value is -1.71. The van der Waals surface area contributed by atoms with Crippen LogP contribution in [0, 0.1) is 11.3 Å². The van der Waals surface area contributed by atoms with Gasteiger partial charge >= 0.3 is 0 Å². The van der Waals surface area contributed by atoms with Gasteiger partial charge in [0.2, 0.25) is 0 Å². The van der Waals surface area contributed by atoms with Crippen molar-refractivity contribution in [1.82, 2.24) is 0 Å². The topological polar surface area (TPSA) is 90.3 Å². The summed E-state index contributed by atoms with van der Waals surface area (Å²) in [5.41, 5.74) is 5.07. The van der Waals surface area contributed by atoms with Crippen molar-refractivity contribution < 1.29 is 19.0 Å². The molecule has 0 spiro atoms. The minimum Gasteiger partial charge on any atom is -0.508 e. The van der Waals surface area contributed by atoms with Crippen LogP contribution in [0.1, 0.15) is 17.2 Å². The Morgan fingerprint density at radius 1 is 1.50 bits per heavy atom. The van der Waals surface area contributed by atoms with Gasteiger partial charge in [0.05, 0.1) is 11.6 Å². The van der Waals surface area contributed by atoms with Crippen LogP contribution in [0.15, 0.2) is 18.2 Å². The van der Waals surface area contributed by atoms with Crippen LogP contribution in [-0.2, 0) is 0 Å². The van der Waals surface area contributed by atoms with Gasteiger partial charge in [0.15, 0.2) is 0 Å². The fraction of sp³-hybridized carbons (Fsp3) is 0.300. The van der Waals surface area contributed by atoms with E-state index in [0.717, 1.165) is 12.1 Å². The SMILES string of the molecule is N#Cc1ccc(O)c([C@H](N)C(F)(F)CO)c1. The van der Waals surface area contributed by atoms with Gasteiger partial charge in [-0.3, -0.25) is 0 Å². The van der Waals surface area contributed by atoms with Crippen molar-refractivity contribution in [2.75, 3.05) is 6.61 Å². The number of rotatable bonds is 3. The highest BCUT2D eigenvalue weighted by Crippen LogP contribution is 2.34. The Balaban J connectivity index is 3.18. The second-order valence-corrected chi connectivity index (χ2v) is 3.28. The number of hydrogen-bond donors (Lipinski definition) is 3. The van der Waals surface area contributed by atoms with E-state index in [1.807, 2.05) is 0 Å². The second kappa shape index (κ2) is 4.43. The molecule has 0 saturated heterocycles. The molecule has 6 heteroatoms. The molecule has 0 bridgehead atoms. The van der Waals surface area contributed by atoms with Crippen LogP contribution in [-0.4, -0.2) is 22.7 Å². The fourth-order valence-electron chi connectivity index (χ4n) is 1.20. The maximum Gasteiger partial charge on any atom is 0.289 e. The summed E-state index contributed by atoms with van der Waals surface area (Å²) in [6, 6.07) is 3.35. The van der Waals surface area contributed by atoms with Gasteiger partial charge in [-0.15, -0.1) is 0 Å². The summed E-state index contributed by atoms with van der Waals surface area (Å²) in [6.45, 7) is -1.43. The third-order valence-corrected chi connectivity index (χ3v) is 2.16. The Morgan fingerprint density at radius 2 is 2.12 bits per heavy atom. The molecule has 0 amide bonds. The van der Waals surface area contributed by atoms with Gasteiger partial charge in [-0.2, -0.15) is 5.26 Å². The van der Waals surface area contributed by atoms with Crippen molar-refractivity contribution in [3.05, 3.63) is 29.3 Å². The van der Waals surface area contributed by atoms with E-state index in [1.54, 1.807) is 6.07 Å². The van der Waals surface area contributed by atoms with Crippen molar-refractivity contribution in [1.29, 1.82) is 5.26 Å². The highest BCUT2D eigenvalue weighted by atomic mass is 19.3. The molecule has 4 nitrogen and oxygen atoms in total. The monoisotopic (exact) mass is 228 g/mol. The summed E-state index contributed by atoms with van der Waals surface area (Å²) >= 11 is 0.